The molecule has 1 amide bonds. The van der Waals surface area contributed by atoms with Gasteiger partial charge in [-0.2, -0.15) is 0 Å². The van der Waals surface area contributed by atoms with Gasteiger partial charge in [-0.15, -0.1) is 0 Å². The number of rotatable bonds is 4. The molecule has 1 aromatic carbocycles. The number of benzene rings is 1. The van der Waals surface area contributed by atoms with Gasteiger partial charge in [0, 0.05) is 16.8 Å². The van der Waals surface area contributed by atoms with Gasteiger partial charge in [-0.3, -0.25) is 9.59 Å². The molecule has 0 heterocycles. The SMILES string of the molecule is NC1CCCC1C(=O)N(CC(=O)O)c1cccc(Cl)c1. The second kappa shape index (κ2) is 6.24. The van der Waals surface area contributed by atoms with Crippen molar-refractivity contribution in [1.29, 1.82) is 0 Å². The largest absolute Gasteiger partial charge is 0.480 e. The van der Waals surface area contributed by atoms with E-state index in [-0.39, 0.29) is 24.4 Å². The smallest absolute Gasteiger partial charge is 0.323 e. The highest BCUT2D eigenvalue weighted by molar-refractivity contribution is 6.31. The summed E-state index contributed by atoms with van der Waals surface area (Å²) in [6, 6.07) is 6.43. The highest BCUT2D eigenvalue weighted by Crippen LogP contribution is 2.28. The number of carbonyl (C=O) groups excluding carboxylic acids is 1. The van der Waals surface area contributed by atoms with Gasteiger partial charge in [0.25, 0.3) is 0 Å². The van der Waals surface area contributed by atoms with E-state index in [0.29, 0.717) is 17.1 Å². The molecule has 108 valence electrons. The first-order valence-corrected chi connectivity index (χ1v) is 6.91. The molecular weight excluding hydrogens is 280 g/mol. The zero-order valence-electron chi connectivity index (χ0n) is 11.0. The number of hydrogen-bond donors (Lipinski definition) is 2. The maximum atomic E-state index is 12.5. The van der Waals surface area contributed by atoms with Crippen LogP contribution in [-0.4, -0.2) is 29.6 Å². The summed E-state index contributed by atoms with van der Waals surface area (Å²) in [5.74, 6) is -1.61. The second-order valence-electron chi connectivity index (χ2n) is 5.00. The minimum Gasteiger partial charge on any atom is -0.480 e. The van der Waals surface area contributed by atoms with Gasteiger partial charge >= 0.3 is 5.97 Å². The Hall–Kier alpha value is -1.59. The molecule has 5 nitrogen and oxygen atoms in total. The van der Waals surface area contributed by atoms with Crippen LogP contribution in [0.15, 0.2) is 24.3 Å². The number of amides is 1. The molecule has 0 saturated heterocycles. The van der Waals surface area contributed by atoms with Crippen molar-refractivity contribution in [3.8, 4) is 0 Å². The molecule has 2 atom stereocenters. The zero-order valence-corrected chi connectivity index (χ0v) is 11.7. The van der Waals surface area contributed by atoms with Crippen LogP contribution in [0.2, 0.25) is 5.02 Å². The van der Waals surface area contributed by atoms with Gasteiger partial charge in [-0.1, -0.05) is 24.1 Å². The predicted octanol–water partition coefficient (Wildman–Crippen LogP) is 1.88. The van der Waals surface area contributed by atoms with Crippen molar-refractivity contribution in [2.24, 2.45) is 11.7 Å². The average molecular weight is 297 g/mol. The molecular formula is C14H17ClN2O3. The number of aliphatic carboxylic acids is 1. The third-order valence-electron chi connectivity index (χ3n) is 3.57. The Morgan fingerprint density at radius 2 is 2.15 bits per heavy atom. The monoisotopic (exact) mass is 296 g/mol. The molecule has 1 aliphatic rings. The number of carboxylic acids is 1. The molecule has 0 bridgehead atoms. The summed E-state index contributed by atoms with van der Waals surface area (Å²) in [6.07, 6.45) is 2.40. The van der Waals surface area contributed by atoms with E-state index in [4.69, 9.17) is 22.4 Å². The summed E-state index contributed by atoms with van der Waals surface area (Å²) < 4.78 is 0. The molecule has 1 saturated carbocycles. The fourth-order valence-corrected chi connectivity index (χ4v) is 2.76. The summed E-state index contributed by atoms with van der Waals surface area (Å²) in [5.41, 5.74) is 6.43. The summed E-state index contributed by atoms with van der Waals surface area (Å²) in [6.45, 7) is -0.387. The predicted molar refractivity (Wildman–Crippen MR) is 76.8 cm³/mol. The van der Waals surface area contributed by atoms with Gasteiger partial charge in [-0.05, 0) is 31.0 Å². The van der Waals surface area contributed by atoms with Gasteiger partial charge in [0.15, 0.2) is 0 Å². The second-order valence-corrected chi connectivity index (χ2v) is 5.44. The minimum atomic E-state index is -1.06. The third-order valence-corrected chi connectivity index (χ3v) is 3.80. The Morgan fingerprint density at radius 1 is 1.40 bits per heavy atom. The lowest BCUT2D eigenvalue weighted by atomic mass is 10.0. The average Bonchev–Trinajstić information content (AvgIpc) is 2.81. The molecule has 2 rings (SSSR count). The normalized spacial score (nSPS) is 21.7. The van der Waals surface area contributed by atoms with E-state index in [2.05, 4.69) is 0 Å². The van der Waals surface area contributed by atoms with Crippen molar-refractivity contribution < 1.29 is 14.7 Å². The highest BCUT2D eigenvalue weighted by Gasteiger charge is 2.34. The number of halogens is 1. The Morgan fingerprint density at radius 3 is 2.70 bits per heavy atom. The highest BCUT2D eigenvalue weighted by atomic mass is 35.5. The fraction of sp³-hybridized carbons (Fsp3) is 0.429. The Bertz CT molecular complexity index is 521. The van der Waals surface area contributed by atoms with Crippen LogP contribution in [0.1, 0.15) is 19.3 Å². The van der Waals surface area contributed by atoms with Crippen LogP contribution < -0.4 is 10.6 Å². The van der Waals surface area contributed by atoms with Crippen LogP contribution in [0.25, 0.3) is 0 Å². The van der Waals surface area contributed by atoms with Gasteiger partial charge < -0.3 is 15.7 Å². The standard InChI is InChI=1S/C14H17ClN2O3/c15-9-3-1-4-10(7-9)17(8-13(18)19)14(20)11-5-2-6-12(11)16/h1,3-4,7,11-12H,2,5-6,8,16H2,(H,18,19). The molecule has 20 heavy (non-hydrogen) atoms. The summed E-state index contributed by atoms with van der Waals surface area (Å²) >= 11 is 5.91. The van der Waals surface area contributed by atoms with Gasteiger partial charge in [-0.25, -0.2) is 0 Å². The van der Waals surface area contributed by atoms with Crippen LogP contribution in [0.5, 0.6) is 0 Å². The number of nitrogens with zero attached hydrogens (tertiary/aromatic N) is 1. The molecule has 2 unspecified atom stereocenters. The number of carbonyl (C=O) groups is 2. The molecule has 0 spiro atoms. The maximum Gasteiger partial charge on any atom is 0.323 e. The Labute approximate surface area is 122 Å². The number of nitrogens with two attached hydrogens (primary N) is 1. The summed E-state index contributed by atoms with van der Waals surface area (Å²) in [5, 5.41) is 9.47. The zero-order chi connectivity index (χ0) is 14.7. The first-order chi connectivity index (χ1) is 9.49. The maximum absolute atomic E-state index is 12.5. The number of anilines is 1. The van der Waals surface area contributed by atoms with E-state index in [0.717, 1.165) is 12.8 Å². The lowest BCUT2D eigenvalue weighted by Gasteiger charge is -2.26. The lowest BCUT2D eigenvalue weighted by Crippen LogP contribution is -2.44. The third kappa shape index (κ3) is 3.29. The molecule has 0 aliphatic heterocycles. The summed E-state index contributed by atoms with van der Waals surface area (Å²) in [7, 11) is 0. The minimum absolute atomic E-state index is 0.196. The van der Waals surface area contributed by atoms with Crippen molar-refractivity contribution >= 4 is 29.2 Å². The molecule has 0 aromatic heterocycles. The van der Waals surface area contributed by atoms with E-state index in [1.165, 1.54) is 4.90 Å². The van der Waals surface area contributed by atoms with E-state index in [1.54, 1.807) is 24.3 Å². The lowest BCUT2D eigenvalue weighted by molar-refractivity contribution is -0.137. The van der Waals surface area contributed by atoms with Gasteiger partial charge in [0.05, 0.1) is 5.92 Å². The summed E-state index contributed by atoms with van der Waals surface area (Å²) in [4.78, 5) is 24.8. The van der Waals surface area contributed by atoms with Gasteiger partial charge in [0.1, 0.15) is 6.54 Å². The van der Waals surface area contributed by atoms with E-state index < -0.39 is 5.97 Å². The fourth-order valence-electron chi connectivity index (χ4n) is 2.57. The van der Waals surface area contributed by atoms with E-state index in [9.17, 15) is 9.59 Å². The molecule has 1 fully saturated rings. The van der Waals surface area contributed by atoms with Crippen molar-refractivity contribution in [3.05, 3.63) is 29.3 Å². The van der Waals surface area contributed by atoms with Crippen molar-refractivity contribution in [2.45, 2.75) is 25.3 Å². The van der Waals surface area contributed by atoms with Crippen LogP contribution >= 0.6 is 11.6 Å². The van der Waals surface area contributed by atoms with Crippen LogP contribution in [-0.2, 0) is 9.59 Å². The molecule has 1 aliphatic carbocycles. The quantitative estimate of drug-likeness (QED) is 0.888. The van der Waals surface area contributed by atoms with E-state index >= 15 is 0 Å². The Kier molecular flexibility index (Phi) is 4.62. The Balaban J connectivity index is 2.27. The molecule has 1 aromatic rings. The molecule has 0 radical (unpaired) electrons. The number of hydrogen-bond acceptors (Lipinski definition) is 3. The topological polar surface area (TPSA) is 83.6 Å². The van der Waals surface area contributed by atoms with Crippen molar-refractivity contribution in [3.63, 3.8) is 0 Å². The van der Waals surface area contributed by atoms with Crippen LogP contribution in [0.4, 0.5) is 5.69 Å². The molecule has 3 N–H and O–H groups in total. The van der Waals surface area contributed by atoms with E-state index in [1.807, 2.05) is 0 Å². The van der Waals surface area contributed by atoms with Crippen molar-refractivity contribution in [2.75, 3.05) is 11.4 Å². The van der Waals surface area contributed by atoms with Crippen molar-refractivity contribution in [1.82, 2.24) is 0 Å². The van der Waals surface area contributed by atoms with Crippen LogP contribution in [0, 0.1) is 5.92 Å². The number of carboxylic acid groups (broad SMARTS) is 1. The molecule has 6 heteroatoms. The van der Waals surface area contributed by atoms with Gasteiger partial charge in [0.2, 0.25) is 5.91 Å². The van der Waals surface area contributed by atoms with Crippen LogP contribution in [0.3, 0.4) is 0 Å². The first-order valence-electron chi connectivity index (χ1n) is 6.53. The first kappa shape index (κ1) is 14.8.